The second-order valence-corrected chi connectivity index (χ2v) is 12.1. The molecule has 0 aromatic carbocycles. The Labute approximate surface area is 257 Å². The molecule has 10 nitrogen and oxygen atoms in total. The van der Waals surface area contributed by atoms with Crippen LogP contribution in [0.2, 0.25) is 0 Å². The normalized spacial score (nSPS) is 17.8. The van der Waals surface area contributed by atoms with Gasteiger partial charge in [-0.05, 0) is 106 Å². The van der Waals surface area contributed by atoms with Crippen LogP contribution in [0.4, 0.5) is 0 Å². The zero-order valence-corrected chi connectivity index (χ0v) is 26.7. The van der Waals surface area contributed by atoms with E-state index in [4.69, 9.17) is 0 Å². The Morgan fingerprint density at radius 2 is 1.02 bits per heavy atom. The van der Waals surface area contributed by atoms with Crippen molar-refractivity contribution in [2.75, 3.05) is 0 Å². The molecule has 2 aromatic rings. The van der Waals surface area contributed by atoms with Gasteiger partial charge in [0.2, 0.25) is 0 Å². The minimum absolute atomic E-state index is 0.0318. The van der Waals surface area contributed by atoms with Gasteiger partial charge in [0.05, 0.1) is 0 Å². The van der Waals surface area contributed by atoms with Crippen LogP contribution in [0.5, 0.6) is 0 Å². The van der Waals surface area contributed by atoms with Crippen LogP contribution in [0.1, 0.15) is 105 Å². The average molecular weight is 603 g/mol. The molecule has 4 rings (SSSR count). The molecule has 10 heteroatoms. The number of carbonyl (C=O) groups excluding carboxylic acids is 2. The van der Waals surface area contributed by atoms with Crippen molar-refractivity contribution >= 4 is 35.9 Å². The summed E-state index contributed by atoms with van der Waals surface area (Å²) in [7, 11) is 0. The quantitative estimate of drug-likeness (QED) is 0.202. The third-order valence-corrected chi connectivity index (χ3v) is 9.06. The van der Waals surface area contributed by atoms with Gasteiger partial charge in [-0.25, -0.2) is 0 Å². The molecular weight excluding hydrogens is 560 g/mol. The SMILES string of the molecule is CC1=C(C)/C(=C/c2[nH]c(C(c3[nH]c(/C=C4\NC(=O)C(C)=C4C)c(C)c3CCC(=O)O)C(C)C)c(CCC(=O)O)c2C)NC1=O. The van der Waals surface area contributed by atoms with E-state index in [9.17, 15) is 29.4 Å². The number of carboxylic acids is 2. The highest BCUT2D eigenvalue weighted by Crippen LogP contribution is 2.40. The highest BCUT2D eigenvalue weighted by atomic mass is 16.4. The first kappa shape index (κ1) is 32.3. The minimum atomic E-state index is -0.904. The van der Waals surface area contributed by atoms with Gasteiger partial charge in [0.25, 0.3) is 11.8 Å². The molecule has 0 aliphatic carbocycles. The zero-order valence-electron chi connectivity index (χ0n) is 26.7. The van der Waals surface area contributed by atoms with E-state index >= 15 is 0 Å². The molecule has 2 aliphatic heterocycles. The number of rotatable bonds is 11. The highest BCUT2D eigenvalue weighted by molar-refractivity contribution is 6.01. The summed E-state index contributed by atoms with van der Waals surface area (Å²) in [6, 6.07) is 0. The van der Waals surface area contributed by atoms with Crippen molar-refractivity contribution in [2.24, 2.45) is 5.92 Å². The maximum absolute atomic E-state index is 12.3. The first-order valence-electron chi connectivity index (χ1n) is 14.9. The van der Waals surface area contributed by atoms with Gasteiger partial charge in [0, 0.05) is 64.1 Å². The number of allylic oxidation sites excluding steroid dienone is 2. The molecule has 0 fully saturated rings. The molecule has 234 valence electrons. The Morgan fingerprint density at radius 1 is 0.659 bits per heavy atom. The van der Waals surface area contributed by atoms with E-state index in [2.05, 4.69) is 34.4 Å². The largest absolute Gasteiger partial charge is 0.481 e. The van der Waals surface area contributed by atoms with E-state index in [0.717, 1.165) is 56.2 Å². The third kappa shape index (κ3) is 6.20. The van der Waals surface area contributed by atoms with Crippen molar-refractivity contribution in [3.8, 4) is 0 Å². The van der Waals surface area contributed by atoms with E-state index < -0.39 is 11.9 Å². The number of carbonyl (C=O) groups is 4. The summed E-state index contributed by atoms with van der Waals surface area (Å²) < 4.78 is 0. The van der Waals surface area contributed by atoms with Gasteiger partial charge in [-0.3, -0.25) is 19.2 Å². The van der Waals surface area contributed by atoms with Crippen LogP contribution in [0.15, 0.2) is 33.7 Å². The molecule has 0 saturated heterocycles. The summed E-state index contributed by atoms with van der Waals surface area (Å²) >= 11 is 0. The third-order valence-electron chi connectivity index (χ3n) is 9.06. The maximum Gasteiger partial charge on any atom is 0.303 e. The van der Waals surface area contributed by atoms with Crippen molar-refractivity contribution in [1.82, 2.24) is 20.6 Å². The fraction of sp³-hybridized carbons (Fsp3) is 0.412. The van der Waals surface area contributed by atoms with Crippen LogP contribution in [0.3, 0.4) is 0 Å². The predicted molar refractivity (Wildman–Crippen MR) is 169 cm³/mol. The number of aromatic amines is 2. The number of hydrogen-bond acceptors (Lipinski definition) is 4. The van der Waals surface area contributed by atoms with Crippen molar-refractivity contribution in [2.45, 2.75) is 87.0 Å². The summed E-state index contributed by atoms with van der Waals surface area (Å²) in [4.78, 5) is 55.1. The molecule has 0 atom stereocenters. The molecule has 44 heavy (non-hydrogen) atoms. The van der Waals surface area contributed by atoms with Crippen molar-refractivity contribution in [1.29, 1.82) is 0 Å². The monoisotopic (exact) mass is 602 g/mol. The van der Waals surface area contributed by atoms with E-state index in [1.165, 1.54) is 0 Å². The molecular formula is C34H42N4O6. The summed E-state index contributed by atoms with van der Waals surface area (Å²) in [5.41, 5.74) is 11.2. The number of aliphatic carboxylic acids is 2. The van der Waals surface area contributed by atoms with Gasteiger partial charge < -0.3 is 30.8 Å². The summed E-state index contributed by atoms with van der Waals surface area (Å²) in [5.74, 6) is -2.32. The van der Waals surface area contributed by atoms with Crippen LogP contribution in [0.25, 0.3) is 12.2 Å². The zero-order chi connectivity index (χ0) is 32.6. The average Bonchev–Trinajstić information content (AvgIpc) is 3.58. The minimum Gasteiger partial charge on any atom is -0.481 e. The first-order valence-corrected chi connectivity index (χ1v) is 14.9. The molecule has 0 radical (unpaired) electrons. The Morgan fingerprint density at radius 3 is 1.30 bits per heavy atom. The molecule has 0 saturated carbocycles. The standard InChI is InChI=1S/C34H42N4O6/c1-15(2)30(31-22(9-11-28(39)40)20(7)26(35-31)13-24-16(3)18(5)33(43)37-24)32-23(10-12-29(41)42)21(8)27(36-32)14-25-17(4)19(6)34(44)38-25/h13-15,30,35-36H,9-12H2,1-8H3,(H,37,43)(H,38,44)(H,39,40)(H,41,42)/b24-13-,25-14-. The first-order chi connectivity index (χ1) is 20.6. The van der Waals surface area contributed by atoms with Crippen molar-refractivity contribution < 1.29 is 29.4 Å². The number of hydrogen-bond donors (Lipinski definition) is 6. The second kappa shape index (κ2) is 12.6. The van der Waals surface area contributed by atoms with Crippen LogP contribution in [-0.2, 0) is 32.0 Å². The molecule has 2 aromatic heterocycles. The van der Waals surface area contributed by atoms with Gasteiger partial charge in [0.1, 0.15) is 0 Å². The lowest BCUT2D eigenvalue weighted by atomic mass is 9.83. The summed E-state index contributed by atoms with van der Waals surface area (Å²) in [6.45, 7) is 15.4. The fourth-order valence-electron chi connectivity index (χ4n) is 6.04. The Hall–Kier alpha value is -4.60. The van der Waals surface area contributed by atoms with Gasteiger partial charge in [-0.1, -0.05) is 13.8 Å². The lowest BCUT2D eigenvalue weighted by molar-refractivity contribution is -0.138. The lowest BCUT2D eigenvalue weighted by Crippen LogP contribution is -2.15. The Kier molecular flexibility index (Phi) is 9.22. The molecule has 0 bridgehead atoms. The maximum atomic E-state index is 12.3. The number of nitrogens with one attached hydrogen (secondary N) is 4. The van der Waals surface area contributed by atoms with E-state index in [1.54, 1.807) is 13.8 Å². The van der Waals surface area contributed by atoms with E-state index in [-0.39, 0.29) is 36.5 Å². The van der Waals surface area contributed by atoms with Crippen LogP contribution < -0.4 is 10.6 Å². The molecule has 0 spiro atoms. The number of aromatic nitrogens is 2. The fourth-order valence-corrected chi connectivity index (χ4v) is 6.04. The van der Waals surface area contributed by atoms with Crippen LogP contribution in [-0.4, -0.2) is 43.9 Å². The molecule has 4 heterocycles. The molecule has 2 amide bonds. The molecule has 2 aliphatic rings. The summed E-state index contributed by atoms with van der Waals surface area (Å²) in [5, 5.41) is 25.0. The second-order valence-electron chi connectivity index (χ2n) is 12.1. The molecule has 0 unspecified atom stereocenters. The number of H-pyrrole nitrogens is 2. The van der Waals surface area contributed by atoms with Gasteiger partial charge in [-0.15, -0.1) is 0 Å². The van der Waals surface area contributed by atoms with Crippen molar-refractivity contribution in [3.63, 3.8) is 0 Å². The summed E-state index contributed by atoms with van der Waals surface area (Å²) in [6.07, 6.45) is 4.28. The van der Waals surface area contributed by atoms with E-state index in [0.29, 0.717) is 35.4 Å². The number of carboxylic acid groups (broad SMARTS) is 2. The smallest absolute Gasteiger partial charge is 0.303 e. The predicted octanol–water partition coefficient (Wildman–Crippen LogP) is 5.40. The van der Waals surface area contributed by atoms with Gasteiger partial charge >= 0.3 is 11.9 Å². The Balaban J connectivity index is 1.92. The highest BCUT2D eigenvalue weighted by Gasteiger charge is 2.31. The Bertz CT molecular complexity index is 1570. The van der Waals surface area contributed by atoms with Crippen LogP contribution in [0, 0.1) is 19.8 Å². The van der Waals surface area contributed by atoms with Crippen molar-refractivity contribution in [3.05, 3.63) is 78.7 Å². The van der Waals surface area contributed by atoms with Gasteiger partial charge in [0.15, 0.2) is 0 Å². The lowest BCUT2D eigenvalue weighted by Gasteiger charge is -2.23. The van der Waals surface area contributed by atoms with Crippen LogP contribution >= 0.6 is 0 Å². The van der Waals surface area contributed by atoms with Gasteiger partial charge in [-0.2, -0.15) is 0 Å². The topological polar surface area (TPSA) is 164 Å². The number of amides is 2. The van der Waals surface area contributed by atoms with E-state index in [1.807, 2.05) is 39.8 Å². The molecule has 6 N–H and O–H groups in total.